The number of hydrogen-bond acceptors (Lipinski definition) is 5. The standard InChI is InChI=1S/C19H17N3O3S/c1-13-17(26-19(21-13)14-6-3-2-4-7-14)10-11-20-18(23)15-8-5-9-16(12-15)22(24)25/h2-9,12H,10-11H2,1H3,(H,20,23). The molecule has 1 heterocycles. The molecule has 7 heteroatoms. The van der Waals surface area contributed by atoms with Crippen molar-refractivity contribution < 1.29 is 9.72 Å². The number of thiazole rings is 1. The third-order valence-electron chi connectivity index (χ3n) is 3.87. The second kappa shape index (κ2) is 7.88. The summed E-state index contributed by atoms with van der Waals surface area (Å²) in [6, 6.07) is 15.7. The number of carbonyl (C=O) groups excluding carboxylic acids is 1. The molecule has 3 aromatic rings. The fourth-order valence-corrected chi connectivity index (χ4v) is 3.58. The van der Waals surface area contributed by atoms with Crippen molar-refractivity contribution in [2.45, 2.75) is 13.3 Å². The van der Waals surface area contributed by atoms with Crippen molar-refractivity contribution in [1.29, 1.82) is 0 Å². The van der Waals surface area contributed by atoms with Crippen LogP contribution in [-0.2, 0) is 6.42 Å². The normalized spacial score (nSPS) is 10.5. The summed E-state index contributed by atoms with van der Waals surface area (Å²) in [5.74, 6) is -0.320. The average Bonchev–Trinajstić information content (AvgIpc) is 3.03. The number of nitrogens with zero attached hydrogens (tertiary/aromatic N) is 2. The van der Waals surface area contributed by atoms with Gasteiger partial charge in [0.15, 0.2) is 0 Å². The minimum Gasteiger partial charge on any atom is -0.352 e. The van der Waals surface area contributed by atoms with E-state index in [4.69, 9.17) is 0 Å². The molecule has 1 aromatic heterocycles. The molecule has 1 amide bonds. The van der Waals surface area contributed by atoms with Crippen molar-refractivity contribution in [3.8, 4) is 10.6 Å². The predicted molar refractivity (Wildman–Crippen MR) is 101 cm³/mol. The molecule has 0 fully saturated rings. The summed E-state index contributed by atoms with van der Waals surface area (Å²) in [6.07, 6.45) is 0.664. The first kappa shape index (κ1) is 17.8. The Morgan fingerprint density at radius 1 is 1.19 bits per heavy atom. The fourth-order valence-electron chi connectivity index (χ4n) is 2.52. The first-order valence-corrected chi connectivity index (χ1v) is 8.90. The van der Waals surface area contributed by atoms with E-state index in [1.54, 1.807) is 17.4 Å². The summed E-state index contributed by atoms with van der Waals surface area (Å²) in [6.45, 7) is 2.40. The van der Waals surface area contributed by atoms with Gasteiger partial charge in [0, 0.05) is 41.1 Å². The van der Waals surface area contributed by atoms with Gasteiger partial charge in [-0.1, -0.05) is 36.4 Å². The lowest BCUT2D eigenvalue weighted by atomic mass is 10.2. The maximum atomic E-state index is 12.2. The van der Waals surface area contributed by atoms with E-state index in [0.717, 1.165) is 21.1 Å². The Balaban J connectivity index is 1.62. The van der Waals surface area contributed by atoms with Gasteiger partial charge in [0.25, 0.3) is 11.6 Å². The van der Waals surface area contributed by atoms with Crippen molar-refractivity contribution in [1.82, 2.24) is 10.3 Å². The van der Waals surface area contributed by atoms with Crippen LogP contribution in [-0.4, -0.2) is 22.4 Å². The summed E-state index contributed by atoms with van der Waals surface area (Å²) in [7, 11) is 0. The monoisotopic (exact) mass is 367 g/mol. The minimum absolute atomic E-state index is 0.0940. The Bertz CT molecular complexity index is 938. The Hall–Kier alpha value is -3.06. The number of rotatable bonds is 6. The van der Waals surface area contributed by atoms with E-state index < -0.39 is 4.92 Å². The topological polar surface area (TPSA) is 85.1 Å². The van der Waals surface area contributed by atoms with Gasteiger partial charge in [0.2, 0.25) is 0 Å². The van der Waals surface area contributed by atoms with Crippen LogP contribution in [0.5, 0.6) is 0 Å². The van der Waals surface area contributed by atoms with Crippen LogP contribution in [0.1, 0.15) is 20.9 Å². The molecule has 132 valence electrons. The van der Waals surface area contributed by atoms with Crippen LogP contribution in [0.2, 0.25) is 0 Å². The molecule has 26 heavy (non-hydrogen) atoms. The molecule has 6 nitrogen and oxygen atoms in total. The maximum Gasteiger partial charge on any atom is 0.270 e. The van der Waals surface area contributed by atoms with E-state index in [9.17, 15) is 14.9 Å². The molecule has 3 rings (SSSR count). The van der Waals surface area contributed by atoms with Crippen molar-refractivity contribution in [2.75, 3.05) is 6.54 Å². The van der Waals surface area contributed by atoms with Crippen molar-refractivity contribution in [2.24, 2.45) is 0 Å². The molecule has 0 unspecified atom stereocenters. The van der Waals surface area contributed by atoms with Gasteiger partial charge in [-0.15, -0.1) is 11.3 Å². The van der Waals surface area contributed by atoms with Gasteiger partial charge in [-0.2, -0.15) is 0 Å². The summed E-state index contributed by atoms with van der Waals surface area (Å²) in [4.78, 5) is 28.2. The number of nitro groups is 1. The molecule has 0 aliphatic rings. The van der Waals surface area contributed by atoms with Gasteiger partial charge in [0.05, 0.1) is 10.6 Å². The van der Waals surface area contributed by atoms with E-state index in [1.165, 1.54) is 18.2 Å². The summed E-state index contributed by atoms with van der Waals surface area (Å²) in [5.41, 5.74) is 2.22. The van der Waals surface area contributed by atoms with E-state index in [1.807, 2.05) is 37.3 Å². The van der Waals surface area contributed by atoms with Gasteiger partial charge >= 0.3 is 0 Å². The number of amides is 1. The van der Waals surface area contributed by atoms with Crippen LogP contribution in [0.15, 0.2) is 54.6 Å². The first-order valence-electron chi connectivity index (χ1n) is 8.09. The molecule has 1 N–H and O–H groups in total. The number of carbonyl (C=O) groups is 1. The maximum absolute atomic E-state index is 12.2. The molecule has 0 saturated heterocycles. The van der Waals surface area contributed by atoms with Crippen molar-refractivity contribution in [3.63, 3.8) is 0 Å². The number of aromatic nitrogens is 1. The highest BCUT2D eigenvalue weighted by Crippen LogP contribution is 2.27. The molecule has 0 radical (unpaired) electrons. The molecule has 0 spiro atoms. The third kappa shape index (κ3) is 4.12. The molecule has 2 aromatic carbocycles. The van der Waals surface area contributed by atoms with Gasteiger partial charge in [-0.25, -0.2) is 4.98 Å². The lowest BCUT2D eigenvalue weighted by molar-refractivity contribution is -0.384. The zero-order valence-corrected chi connectivity index (χ0v) is 15.0. The molecular formula is C19H17N3O3S. The lowest BCUT2D eigenvalue weighted by Crippen LogP contribution is -2.25. The third-order valence-corrected chi connectivity index (χ3v) is 5.14. The molecule has 0 aliphatic heterocycles. The van der Waals surface area contributed by atoms with Crippen LogP contribution in [0, 0.1) is 17.0 Å². The SMILES string of the molecule is Cc1nc(-c2ccccc2)sc1CCNC(=O)c1cccc([N+](=O)[O-])c1. The zero-order valence-electron chi connectivity index (χ0n) is 14.1. The highest BCUT2D eigenvalue weighted by molar-refractivity contribution is 7.15. The minimum atomic E-state index is -0.511. The molecule has 0 atom stereocenters. The van der Waals surface area contributed by atoms with Gasteiger partial charge < -0.3 is 5.32 Å². The predicted octanol–water partition coefficient (Wildman–Crippen LogP) is 4.00. The van der Waals surface area contributed by atoms with Crippen LogP contribution in [0.25, 0.3) is 10.6 Å². The average molecular weight is 367 g/mol. The second-order valence-electron chi connectivity index (χ2n) is 5.71. The van der Waals surface area contributed by atoms with E-state index in [2.05, 4.69) is 10.3 Å². The Labute approximate surface area is 154 Å². The quantitative estimate of drug-likeness (QED) is 0.527. The number of hydrogen-bond donors (Lipinski definition) is 1. The van der Waals surface area contributed by atoms with Gasteiger partial charge in [-0.05, 0) is 13.0 Å². The molecule has 0 saturated carbocycles. The summed E-state index contributed by atoms with van der Waals surface area (Å²) in [5, 5.41) is 14.6. The highest BCUT2D eigenvalue weighted by atomic mass is 32.1. The first-order chi connectivity index (χ1) is 12.5. The summed E-state index contributed by atoms with van der Waals surface area (Å²) >= 11 is 1.61. The number of nitro benzene ring substituents is 1. The summed E-state index contributed by atoms with van der Waals surface area (Å²) < 4.78 is 0. The number of benzene rings is 2. The molecule has 0 aliphatic carbocycles. The number of non-ortho nitro benzene ring substituents is 1. The van der Waals surface area contributed by atoms with Crippen molar-refractivity contribution in [3.05, 3.63) is 80.8 Å². The van der Waals surface area contributed by atoms with E-state index in [-0.39, 0.29) is 17.2 Å². The van der Waals surface area contributed by atoms with Gasteiger partial charge in [-0.3, -0.25) is 14.9 Å². The Morgan fingerprint density at radius 2 is 1.96 bits per heavy atom. The van der Waals surface area contributed by atoms with Crippen LogP contribution in [0.3, 0.4) is 0 Å². The lowest BCUT2D eigenvalue weighted by Gasteiger charge is -2.04. The largest absolute Gasteiger partial charge is 0.352 e. The smallest absolute Gasteiger partial charge is 0.270 e. The Kier molecular flexibility index (Phi) is 5.38. The van der Waals surface area contributed by atoms with Crippen LogP contribution < -0.4 is 5.32 Å². The number of nitrogens with one attached hydrogen (secondary N) is 1. The van der Waals surface area contributed by atoms with E-state index >= 15 is 0 Å². The zero-order chi connectivity index (χ0) is 18.5. The molecule has 0 bridgehead atoms. The highest BCUT2D eigenvalue weighted by Gasteiger charge is 2.12. The number of aryl methyl sites for hydroxylation is 1. The van der Waals surface area contributed by atoms with E-state index in [0.29, 0.717) is 13.0 Å². The van der Waals surface area contributed by atoms with Crippen LogP contribution >= 0.6 is 11.3 Å². The second-order valence-corrected chi connectivity index (χ2v) is 6.79. The van der Waals surface area contributed by atoms with Crippen molar-refractivity contribution >= 4 is 22.9 Å². The Morgan fingerprint density at radius 3 is 2.69 bits per heavy atom. The van der Waals surface area contributed by atoms with Crippen LogP contribution in [0.4, 0.5) is 5.69 Å². The molecular weight excluding hydrogens is 350 g/mol. The fraction of sp³-hybridized carbons (Fsp3) is 0.158. The van der Waals surface area contributed by atoms with Gasteiger partial charge in [0.1, 0.15) is 5.01 Å².